The van der Waals surface area contributed by atoms with Crippen molar-refractivity contribution in [1.29, 1.82) is 0 Å². The van der Waals surface area contributed by atoms with Crippen molar-refractivity contribution >= 4 is 16.3 Å². The molecule has 0 aliphatic carbocycles. The first kappa shape index (κ1) is 15.2. The summed E-state index contributed by atoms with van der Waals surface area (Å²) in [6.45, 7) is 9.95. The molecule has 0 unspecified atom stereocenters. The van der Waals surface area contributed by atoms with Gasteiger partial charge in [-0.05, 0) is 41.5 Å². The Morgan fingerprint density at radius 1 is 1.06 bits per heavy atom. The van der Waals surface area contributed by atoms with E-state index in [9.17, 15) is 13.2 Å². The summed E-state index contributed by atoms with van der Waals surface area (Å²) in [6, 6.07) is 0. The van der Waals surface area contributed by atoms with Crippen LogP contribution in [0.4, 0.5) is 4.79 Å². The maximum absolute atomic E-state index is 11.4. The summed E-state index contributed by atoms with van der Waals surface area (Å²) in [7, 11) is -3.89. The molecule has 0 rings (SSSR count). The molecular formula is C9H20N2O4S. The van der Waals surface area contributed by atoms with E-state index in [0.29, 0.717) is 0 Å². The first-order chi connectivity index (χ1) is 6.81. The van der Waals surface area contributed by atoms with Crippen LogP contribution in [0.3, 0.4) is 0 Å². The Morgan fingerprint density at radius 3 is 1.81 bits per heavy atom. The lowest BCUT2D eigenvalue weighted by molar-refractivity contribution is 0.0569. The zero-order valence-electron chi connectivity index (χ0n) is 10.5. The second-order valence-corrected chi connectivity index (χ2v) is 6.87. The van der Waals surface area contributed by atoms with Crippen LogP contribution in [-0.2, 0) is 14.9 Å². The van der Waals surface area contributed by atoms with Gasteiger partial charge in [0.25, 0.3) is 0 Å². The number of carbonyl (C=O) groups excluding carboxylic acids is 1. The van der Waals surface area contributed by atoms with E-state index < -0.39 is 27.4 Å². The summed E-state index contributed by atoms with van der Waals surface area (Å²) in [5.41, 5.74) is -1.39. The Bertz CT molecular complexity index is 349. The largest absolute Gasteiger partial charge is 0.443 e. The highest BCUT2D eigenvalue weighted by Crippen LogP contribution is 2.07. The van der Waals surface area contributed by atoms with Crippen molar-refractivity contribution in [2.24, 2.45) is 0 Å². The maximum Gasteiger partial charge on any atom is 0.422 e. The zero-order chi connectivity index (χ0) is 13.2. The van der Waals surface area contributed by atoms with Crippen LogP contribution in [0.5, 0.6) is 0 Å². The molecule has 0 aromatic heterocycles. The highest BCUT2D eigenvalue weighted by molar-refractivity contribution is 7.88. The Hall–Kier alpha value is -0.820. The van der Waals surface area contributed by atoms with E-state index in [2.05, 4.69) is 4.72 Å². The normalized spacial score (nSPS) is 13.4. The average Bonchev–Trinajstić information content (AvgIpc) is 1.70. The fraction of sp³-hybridized carbons (Fsp3) is 0.889. The fourth-order valence-electron chi connectivity index (χ4n) is 0.837. The minimum Gasteiger partial charge on any atom is -0.443 e. The number of carbonyl (C=O) groups is 1. The third kappa shape index (κ3) is 8.49. The van der Waals surface area contributed by atoms with Gasteiger partial charge in [-0.3, -0.25) is 0 Å². The molecule has 7 heteroatoms. The molecule has 0 saturated carbocycles. The molecular weight excluding hydrogens is 232 g/mol. The lowest BCUT2D eigenvalue weighted by Gasteiger charge is -2.22. The number of ether oxygens (including phenoxy) is 1. The van der Waals surface area contributed by atoms with Gasteiger partial charge in [-0.15, -0.1) is 0 Å². The number of hydrogen-bond donors (Lipinski definition) is 2. The molecule has 1 amide bonds. The minimum absolute atomic E-state index is 0.659. The molecule has 16 heavy (non-hydrogen) atoms. The molecule has 2 N–H and O–H groups in total. The number of rotatable bonds is 2. The van der Waals surface area contributed by atoms with Gasteiger partial charge in [-0.2, -0.15) is 13.1 Å². The van der Waals surface area contributed by atoms with Gasteiger partial charge in [0.15, 0.2) is 0 Å². The molecule has 0 saturated heterocycles. The molecule has 0 radical (unpaired) electrons. The van der Waals surface area contributed by atoms with Crippen molar-refractivity contribution in [3.63, 3.8) is 0 Å². The monoisotopic (exact) mass is 252 g/mol. The van der Waals surface area contributed by atoms with Crippen molar-refractivity contribution in [3.8, 4) is 0 Å². The van der Waals surface area contributed by atoms with E-state index in [1.165, 1.54) is 0 Å². The first-order valence-electron chi connectivity index (χ1n) is 4.85. The van der Waals surface area contributed by atoms with Gasteiger partial charge in [0, 0.05) is 5.54 Å². The summed E-state index contributed by atoms with van der Waals surface area (Å²) in [5, 5.41) is 0. The average molecular weight is 252 g/mol. The van der Waals surface area contributed by atoms with Gasteiger partial charge in [-0.1, -0.05) is 0 Å². The van der Waals surface area contributed by atoms with E-state index in [1.54, 1.807) is 46.3 Å². The molecule has 6 nitrogen and oxygen atoms in total. The number of hydrogen-bond acceptors (Lipinski definition) is 4. The molecule has 0 bridgehead atoms. The summed E-state index contributed by atoms with van der Waals surface area (Å²) in [4.78, 5) is 11.2. The molecule has 0 aromatic rings. The van der Waals surface area contributed by atoms with E-state index in [1.807, 2.05) is 0 Å². The summed E-state index contributed by atoms with van der Waals surface area (Å²) in [6.07, 6.45) is -0.996. The van der Waals surface area contributed by atoms with Crippen molar-refractivity contribution in [2.45, 2.75) is 52.7 Å². The van der Waals surface area contributed by atoms with Gasteiger partial charge in [0.2, 0.25) is 0 Å². The molecule has 0 heterocycles. The topological polar surface area (TPSA) is 84.5 Å². The Morgan fingerprint density at radius 2 is 1.50 bits per heavy atom. The zero-order valence-corrected chi connectivity index (χ0v) is 11.4. The summed E-state index contributed by atoms with van der Waals surface area (Å²) >= 11 is 0. The Labute approximate surface area is 96.9 Å². The van der Waals surface area contributed by atoms with Crippen molar-refractivity contribution < 1.29 is 17.9 Å². The number of nitrogens with one attached hydrogen (secondary N) is 2. The van der Waals surface area contributed by atoms with E-state index >= 15 is 0 Å². The quantitative estimate of drug-likeness (QED) is 0.772. The molecule has 0 fully saturated rings. The van der Waals surface area contributed by atoms with E-state index in [0.717, 1.165) is 0 Å². The Kier molecular flexibility index (Phi) is 4.35. The van der Waals surface area contributed by atoms with Crippen LogP contribution in [0.25, 0.3) is 0 Å². The van der Waals surface area contributed by atoms with Gasteiger partial charge in [-0.25, -0.2) is 9.52 Å². The highest BCUT2D eigenvalue weighted by Gasteiger charge is 2.24. The first-order valence-corrected chi connectivity index (χ1v) is 6.34. The second kappa shape index (κ2) is 4.58. The van der Waals surface area contributed by atoms with Crippen molar-refractivity contribution in [3.05, 3.63) is 0 Å². The van der Waals surface area contributed by atoms with Crippen LogP contribution < -0.4 is 9.44 Å². The van der Waals surface area contributed by atoms with Crippen LogP contribution in [0.15, 0.2) is 0 Å². The van der Waals surface area contributed by atoms with Gasteiger partial charge >= 0.3 is 16.3 Å². The lowest BCUT2D eigenvalue weighted by atomic mass is 10.1. The predicted molar refractivity (Wildman–Crippen MR) is 61.2 cm³/mol. The molecule has 0 aliphatic rings. The van der Waals surface area contributed by atoms with Crippen LogP contribution >= 0.6 is 0 Å². The molecule has 0 aromatic carbocycles. The molecule has 96 valence electrons. The van der Waals surface area contributed by atoms with Gasteiger partial charge < -0.3 is 4.74 Å². The highest BCUT2D eigenvalue weighted by atomic mass is 32.2. The van der Waals surface area contributed by atoms with Gasteiger partial charge in [0.1, 0.15) is 5.60 Å². The van der Waals surface area contributed by atoms with E-state index in [-0.39, 0.29) is 0 Å². The van der Waals surface area contributed by atoms with Crippen molar-refractivity contribution in [2.75, 3.05) is 0 Å². The third-order valence-electron chi connectivity index (χ3n) is 1.06. The van der Waals surface area contributed by atoms with Crippen molar-refractivity contribution in [1.82, 2.24) is 9.44 Å². The van der Waals surface area contributed by atoms with E-state index in [4.69, 9.17) is 4.74 Å². The molecule has 0 aliphatic heterocycles. The van der Waals surface area contributed by atoms with Crippen LogP contribution in [-0.4, -0.2) is 25.7 Å². The fourth-order valence-corrected chi connectivity index (χ4v) is 1.96. The van der Waals surface area contributed by atoms with Crippen LogP contribution in [0, 0.1) is 0 Å². The second-order valence-electron chi connectivity index (χ2n) is 5.46. The molecule has 0 atom stereocenters. The van der Waals surface area contributed by atoms with Crippen LogP contribution in [0.1, 0.15) is 41.5 Å². The standard InChI is InChI=1S/C9H20N2O4S/c1-8(2,3)11-16(13,14)10-7(12)15-9(4,5)6/h11H,1-6H3,(H,10,12). The third-order valence-corrected chi connectivity index (χ3v) is 2.37. The predicted octanol–water partition coefficient (Wildman–Crippen LogP) is 1.14. The smallest absolute Gasteiger partial charge is 0.422 e. The SMILES string of the molecule is CC(C)(C)NS(=O)(=O)NC(=O)OC(C)(C)C. The van der Waals surface area contributed by atoms with Crippen LogP contribution in [0.2, 0.25) is 0 Å². The minimum atomic E-state index is -3.89. The Balaban J connectivity index is 4.45. The summed E-state index contributed by atoms with van der Waals surface area (Å²) < 4.78 is 31.7. The summed E-state index contributed by atoms with van der Waals surface area (Å²) in [5.74, 6) is 0. The maximum atomic E-state index is 11.4. The lowest BCUT2D eigenvalue weighted by Crippen LogP contribution is -2.49. The number of amides is 1. The van der Waals surface area contributed by atoms with Gasteiger partial charge in [0.05, 0.1) is 0 Å². The molecule has 0 spiro atoms.